The number of halogens is 1. The zero-order chi connectivity index (χ0) is 9.10. The van der Waals surface area contributed by atoms with Crippen LogP contribution < -0.4 is 5.32 Å². The van der Waals surface area contributed by atoms with Gasteiger partial charge in [0.2, 0.25) is 0 Å². The van der Waals surface area contributed by atoms with Gasteiger partial charge >= 0.3 is 0 Å². The quantitative estimate of drug-likeness (QED) is 0.723. The van der Waals surface area contributed by atoms with Crippen LogP contribution in [0.15, 0.2) is 30.3 Å². The largest absolute Gasteiger partial charge is 0.385 e. The number of hydrogen-bond acceptors (Lipinski definition) is 1. The van der Waals surface area contributed by atoms with E-state index in [1.165, 1.54) is 12.1 Å². The van der Waals surface area contributed by atoms with Gasteiger partial charge in [-0.3, -0.25) is 0 Å². The molecule has 1 N–H and O–H groups in total. The summed E-state index contributed by atoms with van der Waals surface area (Å²) in [5, 5.41) is 4.18. The van der Waals surface area contributed by atoms with E-state index in [0.29, 0.717) is 0 Å². The second-order valence-corrected chi connectivity index (χ2v) is 3.57. The molecule has 0 amide bonds. The van der Waals surface area contributed by atoms with E-state index in [0.717, 1.165) is 23.6 Å². The van der Waals surface area contributed by atoms with Crippen LogP contribution in [0.4, 0.5) is 0 Å². The van der Waals surface area contributed by atoms with Crippen LogP contribution in [0.25, 0.3) is 5.70 Å². The van der Waals surface area contributed by atoms with Gasteiger partial charge in [-0.15, -0.1) is 0 Å². The van der Waals surface area contributed by atoms with Crippen molar-refractivity contribution < 1.29 is 0 Å². The summed E-state index contributed by atoms with van der Waals surface area (Å²) in [5.74, 6) is 0. The van der Waals surface area contributed by atoms with E-state index < -0.39 is 0 Å². The Balaban J connectivity index is 2.34. The van der Waals surface area contributed by atoms with Crippen molar-refractivity contribution in [2.75, 3.05) is 6.54 Å². The highest BCUT2D eigenvalue weighted by Gasteiger charge is 2.07. The van der Waals surface area contributed by atoms with E-state index in [-0.39, 0.29) is 0 Å². The molecule has 0 spiro atoms. The molecule has 0 atom stereocenters. The average Bonchev–Trinajstić information content (AvgIpc) is 2.20. The monoisotopic (exact) mass is 193 g/mol. The molecule has 13 heavy (non-hydrogen) atoms. The highest BCUT2D eigenvalue weighted by Crippen LogP contribution is 2.23. The Morgan fingerprint density at radius 1 is 1.23 bits per heavy atom. The molecule has 0 saturated carbocycles. The molecule has 0 aliphatic carbocycles. The molecule has 1 aromatic carbocycles. The Bertz CT molecular complexity index is 331. The molecular formula is C11H12ClN. The number of allylic oxidation sites excluding steroid dienone is 1. The van der Waals surface area contributed by atoms with Crippen molar-refractivity contribution in [1.82, 2.24) is 5.32 Å². The summed E-state index contributed by atoms with van der Waals surface area (Å²) < 4.78 is 0. The first-order valence-electron chi connectivity index (χ1n) is 4.57. The topological polar surface area (TPSA) is 12.0 Å². The van der Waals surface area contributed by atoms with Gasteiger partial charge in [-0.1, -0.05) is 35.9 Å². The maximum absolute atomic E-state index is 6.08. The fraction of sp³-hybridized carbons (Fsp3) is 0.273. The van der Waals surface area contributed by atoms with Crippen LogP contribution in [0.3, 0.4) is 0 Å². The fourth-order valence-electron chi connectivity index (χ4n) is 1.53. The van der Waals surface area contributed by atoms with E-state index in [4.69, 9.17) is 11.6 Å². The Hall–Kier alpha value is -0.950. The first-order valence-corrected chi connectivity index (χ1v) is 4.94. The number of benzene rings is 1. The van der Waals surface area contributed by atoms with Gasteiger partial charge in [0.1, 0.15) is 0 Å². The molecule has 1 aromatic rings. The van der Waals surface area contributed by atoms with Crippen LogP contribution >= 0.6 is 11.6 Å². The van der Waals surface area contributed by atoms with E-state index in [1.807, 2.05) is 24.3 Å². The standard InChI is InChI=1S/C11H12ClN/c12-10-6-2-1-5-9(10)11-7-3-4-8-13-11/h1-2,5-7,13H,3-4,8H2. The fourth-order valence-corrected chi connectivity index (χ4v) is 1.77. The van der Waals surface area contributed by atoms with E-state index in [9.17, 15) is 0 Å². The minimum absolute atomic E-state index is 0.822. The Kier molecular flexibility index (Phi) is 2.55. The first-order chi connectivity index (χ1) is 6.38. The molecule has 0 saturated heterocycles. The molecule has 0 radical (unpaired) electrons. The van der Waals surface area contributed by atoms with Crippen molar-refractivity contribution in [2.45, 2.75) is 12.8 Å². The van der Waals surface area contributed by atoms with Crippen molar-refractivity contribution in [1.29, 1.82) is 0 Å². The molecule has 1 aliphatic heterocycles. The third-order valence-corrected chi connectivity index (χ3v) is 2.54. The SMILES string of the molecule is Clc1ccccc1C1=CCCCN1. The molecule has 1 heterocycles. The van der Waals surface area contributed by atoms with E-state index in [2.05, 4.69) is 11.4 Å². The third-order valence-electron chi connectivity index (χ3n) is 2.21. The summed E-state index contributed by atoms with van der Waals surface area (Å²) in [7, 11) is 0. The summed E-state index contributed by atoms with van der Waals surface area (Å²) >= 11 is 6.08. The number of hydrogen-bond donors (Lipinski definition) is 1. The Morgan fingerprint density at radius 2 is 2.08 bits per heavy atom. The van der Waals surface area contributed by atoms with Crippen molar-refractivity contribution in [3.63, 3.8) is 0 Å². The lowest BCUT2D eigenvalue weighted by molar-refractivity contribution is 0.743. The van der Waals surface area contributed by atoms with Gasteiger partial charge in [-0.25, -0.2) is 0 Å². The highest BCUT2D eigenvalue weighted by molar-refractivity contribution is 6.32. The zero-order valence-electron chi connectivity index (χ0n) is 7.39. The molecule has 68 valence electrons. The summed E-state index contributed by atoms with van der Waals surface area (Å²) in [6.45, 7) is 1.05. The molecule has 0 fully saturated rings. The van der Waals surface area contributed by atoms with E-state index in [1.54, 1.807) is 0 Å². The number of rotatable bonds is 1. The maximum Gasteiger partial charge on any atom is 0.0498 e. The highest BCUT2D eigenvalue weighted by atomic mass is 35.5. The lowest BCUT2D eigenvalue weighted by Gasteiger charge is -2.16. The first kappa shape index (κ1) is 8.64. The molecule has 1 aliphatic rings. The smallest absolute Gasteiger partial charge is 0.0498 e. The predicted molar refractivity (Wildman–Crippen MR) is 56.7 cm³/mol. The van der Waals surface area contributed by atoms with Crippen LogP contribution in [0.5, 0.6) is 0 Å². The van der Waals surface area contributed by atoms with Crippen LogP contribution in [0.1, 0.15) is 18.4 Å². The summed E-state index contributed by atoms with van der Waals surface area (Å²) in [6, 6.07) is 7.94. The Morgan fingerprint density at radius 3 is 2.77 bits per heavy atom. The molecule has 1 nitrogen and oxygen atoms in total. The average molecular weight is 194 g/mol. The molecular weight excluding hydrogens is 182 g/mol. The predicted octanol–water partition coefficient (Wildman–Crippen LogP) is 3.06. The van der Waals surface area contributed by atoms with E-state index >= 15 is 0 Å². The molecule has 2 heteroatoms. The van der Waals surface area contributed by atoms with Crippen LogP contribution in [-0.4, -0.2) is 6.54 Å². The van der Waals surface area contributed by atoms with Gasteiger partial charge in [-0.05, 0) is 18.9 Å². The Labute approximate surface area is 83.4 Å². The lowest BCUT2D eigenvalue weighted by Crippen LogP contribution is -2.17. The summed E-state index contributed by atoms with van der Waals surface area (Å²) in [4.78, 5) is 0. The maximum atomic E-state index is 6.08. The molecule has 0 aromatic heterocycles. The lowest BCUT2D eigenvalue weighted by atomic mass is 10.1. The van der Waals surface area contributed by atoms with Gasteiger partial charge in [-0.2, -0.15) is 0 Å². The normalized spacial score (nSPS) is 16.2. The second kappa shape index (κ2) is 3.84. The molecule has 2 rings (SSSR count). The number of nitrogens with one attached hydrogen (secondary N) is 1. The third kappa shape index (κ3) is 1.86. The zero-order valence-corrected chi connectivity index (χ0v) is 8.14. The second-order valence-electron chi connectivity index (χ2n) is 3.17. The molecule has 0 bridgehead atoms. The van der Waals surface area contributed by atoms with Crippen molar-refractivity contribution in [3.8, 4) is 0 Å². The van der Waals surface area contributed by atoms with Gasteiger partial charge in [0.15, 0.2) is 0 Å². The van der Waals surface area contributed by atoms with Gasteiger partial charge in [0, 0.05) is 22.8 Å². The van der Waals surface area contributed by atoms with Gasteiger partial charge in [0.05, 0.1) is 0 Å². The van der Waals surface area contributed by atoms with Crippen LogP contribution in [-0.2, 0) is 0 Å². The van der Waals surface area contributed by atoms with Crippen LogP contribution in [0.2, 0.25) is 5.02 Å². The van der Waals surface area contributed by atoms with Crippen molar-refractivity contribution in [3.05, 3.63) is 40.9 Å². The minimum atomic E-state index is 0.822. The summed E-state index contributed by atoms with van der Waals surface area (Å²) in [5.41, 5.74) is 2.29. The van der Waals surface area contributed by atoms with Crippen molar-refractivity contribution >= 4 is 17.3 Å². The van der Waals surface area contributed by atoms with Crippen LogP contribution in [0, 0.1) is 0 Å². The molecule has 0 unspecified atom stereocenters. The van der Waals surface area contributed by atoms with Crippen molar-refractivity contribution in [2.24, 2.45) is 0 Å². The minimum Gasteiger partial charge on any atom is -0.385 e. The summed E-state index contributed by atoms with van der Waals surface area (Å²) in [6.07, 6.45) is 4.58. The van der Waals surface area contributed by atoms with Gasteiger partial charge in [0.25, 0.3) is 0 Å². The van der Waals surface area contributed by atoms with Gasteiger partial charge < -0.3 is 5.32 Å².